The van der Waals surface area contributed by atoms with Crippen LogP contribution in [0.5, 0.6) is 0 Å². The maximum absolute atomic E-state index is 12.0. The average molecular weight is 246 g/mol. The van der Waals surface area contributed by atoms with E-state index in [2.05, 4.69) is 0 Å². The number of carbonyl (C=O) groups excluding carboxylic acids is 1. The Bertz CT molecular complexity index is 342. The van der Waals surface area contributed by atoms with Gasteiger partial charge in [0.05, 0.1) is 4.88 Å². The highest BCUT2D eigenvalue weighted by atomic mass is 35.5. The molecule has 2 nitrogen and oxygen atoms in total. The van der Waals surface area contributed by atoms with Crippen LogP contribution in [0, 0.1) is 13.8 Å². The highest BCUT2D eigenvalue weighted by Gasteiger charge is 2.18. The minimum absolute atomic E-state index is 0.0596. The van der Waals surface area contributed by atoms with E-state index in [4.69, 9.17) is 11.6 Å². The zero-order valence-electron chi connectivity index (χ0n) is 9.50. The van der Waals surface area contributed by atoms with Gasteiger partial charge < -0.3 is 4.90 Å². The zero-order valence-corrected chi connectivity index (χ0v) is 11.1. The van der Waals surface area contributed by atoms with Gasteiger partial charge in [-0.25, -0.2) is 0 Å². The van der Waals surface area contributed by atoms with Crippen molar-refractivity contribution in [2.24, 2.45) is 0 Å². The van der Waals surface area contributed by atoms with Crippen molar-refractivity contribution in [2.45, 2.75) is 26.8 Å². The molecule has 0 N–H and O–H groups in total. The van der Waals surface area contributed by atoms with Gasteiger partial charge in [0, 0.05) is 23.8 Å². The van der Waals surface area contributed by atoms with Crippen LogP contribution in [0.15, 0.2) is 6.07 Å². The van der Waals surface area contributed by atoms with Crippen LogP contribution < -0.4 is 0 Å². The third-order valence-corrected chi connectivity index (χ3v) is 4.17. The summed E-state index contributed by atoms with van der Waals surface area (Å²) in [4.78, 5) is 15.7. The van der Waals surface area contributed by atoms with Crippen molar-refractivity contribution in [1.82, 2.24) is 4.90 Å². The SMILES string of the molecule is Cc1cc(C(=O)N(C)C(C)CCl)sc1C. The first-order valence-corrected chi connectivity index (χ1v) is 6.22. The fraction of sp³-hybridized carbons (Fsp3) is 0.545. The molecule has 84 valence electrons. The molecule has 4 heteroatoms. The van der Waals surface area contributed by atoms with E-state index in [-0.39, 0.29) is 11.9 Å². The number of nitrogens with zero attached hydrogens (tertiary/aromatic N) is 1. The fourth-order valence-corrected chi connectivity index (χ4v) is 2.38. The van der Waals surface area contributed by atoms with Gasteiger partial charge in [-0.2, -0.15) is 0 Å². The van der Waals surface area contributed by atoms with Crippen LogP contribution in [-0.2, 0) is 0 Å². The molecule has 0 aliphatic carbocycles. The molecule has 0 spiro atoms. The third kappa shape index (κ3) is 2.73. The summed E-state index contributed by atoms with van der Waals surface area (Å²) < 4.78 is 0. The summed E-state index contributed by atoms with van der Waals surface area (Å²) in [5, 5.41) is 0. The van der Waals surface area contributed by atoms with Crippen molar-refractivity contribution in [3.63, 3.8) is 0 Å². The predicted octanol–water partition coefficient (Wildman–Crippen LogP) is 3.06. The minimum Gasteiger partial charge on any atom is -0.337 e. The fourth-order valence-electron chi connectivity index (χ4n) is 1.16. The lowest BCUT2D eigenvalue weighted by Crippen LogP contribution is -2.35. The molecule has 0 fully saturated rings. The smallest absolute Gasteiger partial charge is 0.263 e. The molecule has 0 aliphatic rings. The Labute approximate surface area is 99.9 Å². The first-order valence-electron chi connectivity index (χ1n) is 4.87. The summed E-state index contributed by atoms with van der Waals surface area (Å²) in [6.45, 7) is 5.99. The van der Waals surface area contributed by atoms with Crippen LogP contribution >= 0.6 is 22.9 Å². The number of alkyl halides is 1. The van der Waals surface area contributed by atoms with Gasteiger partial charge in [-0.3, -0.25) is 4.79 Å². The Kier molecular flexibility index (Phi) is 4.17. The van der Waals surface area contributed by atoms with Crippen LogP contribution in [0.3, 0.4) is 0 Å². The minimum atomic E-state index is 0.0596. The standard InChI is InChI=1S/C11H16ClNOS/c1-7-5-10(15-9(7)3)11(14)13(4)8(2)6-12/h5,8H,6H2,1-4H3. The number of halogens is 1. The quantitative estimate of drug-likeness (QED) is 0.750. The summed E-state index contributed by atoms with van der Waals surface area (Å²) in [7, 11) is 1.79. The van der Waals surface area contributed by atoms with E-state index in [1.165, 1.54) is 10.4 Å². The van der Waals surface area contributed by atoms with Gasteiger partial charge in [0.25, 0.3) is 5.91 Å². The van der Waals surface area contributed by atoms with Crippen molar-refractivity contribution in [2.75, 3.05) is 12.9 Å². The average Bonchev–Trinajstić information content (AvgIpc) is 2.56. The van der Waals surface area contributed by atoms with Crippen molar-refractivity contribution >= 4 is 28.8 Å². The van der Waals surface area contributed by atoms with Gasteiger partial charge in [-0.1, -0.05) is 0 Å². The molecule has 0 bridgehead atoms. The van der Waals surface area contributed by atoms with Crippen LogP contribution in [0.4, 0.5) is 0 Å². The predicted molar refractivity (Wildman–Crippen MR) is 66.1 cm³/mol. The van der Waals surface area contributed by atoms with Crippen LogP contribution in [0.25, 0.3) is 0 Å². The second-order valence-corrected chi connectivity index (χ2v) is 5.33. The normalized spacial score (nSPS) is 12.6. The van der Waals surface area contributed by atoms with Crippen molar-refractivity contribution in [3.8, 4) is 0 Å². The molecule has 0 radical (unpaired) electrons. The number of hydrogen-bond donors (Lipinski definition) is 0. The molecule has 1 atom stereocenters. The van der Waals surface area contributed by atoms with E-state index in [1.807, 2.05) is 26.8 Å². The maximum Gasteiger partial charge on any atom is 0.263 e. The van der Waals surface area contributed by atoms with Crippen LogP contribution in [0.2, 0.25) is 0 Å². The number of amides is 1. The largest absolute Gasteiger partial charge is 0.337 e. The molecular formula is C11H16ClNOS. The topological polar surface area (TPSA) is 20.3 Å². The molecule has 1 amide bonds. The highest BCUT2D eigenvalue weighted by molar-refractivity contribution is 7.14. The number of carbonyl (C=O) groups is 1. The van der Waals surface area contributed by atoms with Crippen LogP contribution in [0.1, 0.15) is 27.0 Å². The molecule has 1 rings (SSSR count). The lowest BCUT2D eigenvalue weighted by atomic mass is 10.2. The Morgan fingerprint density at radius 2 is 2.20 bits per heavy atom. The monoisotopic (exact) mass is 245 g/mol. The van der Waals surface area contributed by atoms with Gasteiger partial charge in [-0.15, -0.1) is 22.9 Å². The molecule has 1 heterocycles. The Morgan fingerprint density at radius 3 is 2.60 bits per heavy atom. The molecule has 1 aromatic heterocycles. The Balaban J connectivity index is 2.85. The van der Waals surface area contributed by atoms with E-state index in [0.717, 1.165) is 4.88 Å². The summed E-state index contributed by atoms with van der Waals surface area (Å²) in [6, 6.07) is 2.02. The number of aryl methyl sites for hydroxylation is 2. The van der Waals surface area contributed by atoms with Gasteiger partial charge in [0.15, 0.2) is 0 Å². The van der Waals surface area contributed by atoms with Gasteiger partial charge in [-0.05, 0) is 32.4 Å². The molecule has 0 saturated carbocycles. The van der Waals surface area contributed by atoms with Crippen LogP contribution in [-0.4, -0.2) is 29.8 Å². The summed E-state index contributed by atoms with van der Waals surface area (Å²) in [6.07, 6.45) is 0. The zero-order chi connectivity index (χ0) is 11.6. The lowest BCUT2D eigenvalue weighted by molar-refractivity contribution is 0.0761. The second kappa shape index (κ2) is 4.99. The first-order chi connectivity index (χ1) is 6.97. The summed E-state index contributed by atoms with van der Waals surface area (Å²) in [5.41, 5.74) is 1.18. The second-order valence-electron chi connectivity index (χ2n) is 3.77. The van der Waals surface area contributed by atoms with Gasteiger partial charge >= 0.3 is 0 Å². The number of thiophene rings is 1. The molecule has 0 aromatic carbocycles. The molecule has 0 aliphatic heterocycles. The molecule has 1 aromatic rings. The molecule has 15 heavy (non-hydrogen) atoms. The number of rotatable bonds is 3. The van der Waals surface area contributed by atoms with Crippen molar-refractivity contribution in [1.29, 1.82) is 0 Å². The summed E-state index contributed by atoms with van der Waals surface area (Å²) in [5.74, 6) is 0.523. The third-order valence-electron chi connectivity index (χ3n) is 2.58. The van der Waals surface area contributed by atoms with E-state index < -0.39 is 0 Å². The summed E-state index contributed by atoms with van der Waals surface area (Å²) >= 11 is 7.27. The Hall–Kier alpha value is -0.540. The van der Waals surface area contributed by atoms with E-state index in [1.54, 1.807) is 23.3 Å². The number of hydrogen-bond acceptors (Lipinski definition) is 2. The van der Waals surface area contributed by atoms with E-state index in [9.17, 15) is 4.79 Å². The van der Waals surface area contributed by atoms with Crippen molar-refractivity contribution < 1.29 is 4.79 Å². The van der Waals surface area contributed by atoms with E-state index in [0.29, 0.717) is 5.88 Å². The highest BCUT2D eigenvalue weighted by Crippen LogP contribution is 2.22. The van der Waals surface area contributed by atoms with Gasteiger partial charge in [0.1, 0.15) is 0 Å². The van der Waals surface area contributed by atoms with Gasteiger partial charge in [0.2, 0.25) is 0 Å². The maximum atomic E-state index is 12.0. The first kappa shape index (κ1) is 12.5. The molecule has 0 saturated heterocycles. The molecule has 1 unspecified atom stereocenters. The molecular weight excluding hydrogens is 230 g/mol. The lowest BCUT2D eigenvalue weighted by Gasteiger charge is -2.22. The van der Waals surface area contributed by atoms with E-state index >= 15 is 0 Å². The van der Waals surface area contributed by atoms with Crippen molar-refractivity contribution in [3.05, 3.63) is 21.4 Å². The Morgan fingerprint density at radius 1 is 1.60 bits per heavy atom.